The van der Waals surface area contributed by atoms with E-state index in [0.29, 0.717) is 5.69 Å². The molecule has 0 atom stereocenters. The van der Waals surface area contributed by atoms with Gasteiger partial charge in [0, 0.05) is 23.9 Å². The van der Waals surface area contributed by atoms with E-state index >= 15 is 0 Å². The number of non-ortho nitro benzene ring substituents is 1. The third kappa shape index (κ3) is 3.08. The lowest BCUT2D eigenvalue weighted by Crippen LogP contribution is -2.30. The van der Waals surface area contributed by atoms with Gasteiger partial charge in [-0.1, -0.05) is 31.0 Å². The first-order valence-electron chi connectivity index (χ1n) is 7.94. The van der Waals surface area contributed by atoms with E-state index in [2.05, 4.69) is 0 Å². The van der Waals surface area contributed by atoms with Crippen molar-refractivity contribution in [1.82, 2.24) is 0 Å². The SMILES string of the molecule is O=C(O)c1cc([N+](=O)[O-])ccc1N(c1ccccc1)C1CCCC1. The number of para-hydroxylation sites is 1. The summed E-state index contributed by atoms with van der Waals surface area (Å²) in [4.78, 5) is 24.1. The summed E-state index contributed by atoms with van der Waals surface area (Å²) in [5.74, 6) is -1.16. The van der Waals surface area contributed by atoms with Crippen molar-refractivity contribution < 1.29 is 14.8 Å². The zero-order chi connectivity index (χ0) is 17.1. The predicted octanol–water partition coefficient (Wildman–Crippen LogP) is 4.37. The molecule has 1 saturated carbocycles. The molecule has 0 amide bonds. The number of carboxylic acids is 1. The Morgan fingerprint density at radius 3 is 2.38 bits per heavy atom. The molecule has 0 radical (unpaired) electrons. The third-order valence-electron chi connectivity index (χ3n) is 4.41. The van der Waals surface area contributed by atoms with Crippen LogP contribution in [0.15, 0.2) is 48.5 Å². The van der Waals surface area contributed by atoms with E-state index < -0.39 is 10.9 Å². The number of rotatable bonds is 5. The van der Waals surface area contributed by atoms with Crippen LogP contribution in [0.25, 0.3) is 0 Å². The lowest BCUT2D eigenvalue weighted by molar-refractivity contribution is -0.384. The van der Waals surface area contributed by atoms with Crippen molar-refractivity contribution in [2.75, 3.05) is 4.90 Å². The van der Waals surface area contributed by atoms with Crippen LogP contribution in [0.5, 0.6) is 0 Å². The minimum Gasteiger partial charge on any atom is -0.478 e. The van der Waals surface area contributed by atoms with Crippen molar-refractivity contribution in [3.8, 4) is 0 Å². The van der Waals surface area contributed by atoms with Gasteiger partial charge >= 0.3 is 5.97 Å². The molecule has 1 aliphatic carbocycles. The van der Waals surface area contributed by atoms with E-state index in [-0.39, 0.29) is 17.3 Å². The average molecular weight is 326 g/mol. The Balaban J connectivity index is 2.13. The number of hydrogen-bond acceptors (Lipinski definition) is 4. The molecule has 2 aromatic carbocycles. The van der Waals surface area contributed by atoms with Crippen molar-refractivity contribution in [1.29, 1.82) is 0 Å². The summed E-state index contributed by atoms with van der Waals surface area (Å²) in [6.07, 6.45) is 4.16. The normalized spacial score (nSPS) is 14.5. The smallest absolute Gasteiger partial charge is 0.338 e. The third-order valence-corrected chi connectivity index (χ3v) is 4.41. The maximum atomic E-state index is 11.7. The molecule has 0 aliphatic heterocycles. The molecule has 0 aromatic heterocycles. The van der Waals surface area contributed by atoms with Crippen molar-refractivity contribution >= 4 is 23.0 Å². The summed E-state index contributed by atoms with van der Waals surface area (Å²) in [6.45, 7) is 0. The van der Waals surface area contributed by atoms with Gasteiger partial charge in [0.25, 0.3) is 5.69 Å². The molecule has 0 unspecified atom stereocenters. The topological polar surface area (TPSA) is 83.7 Å². The van der Waals surface area contributed by atoms with Gasteiger partial charge in [0.1, 0.15) is 0 Å². The summed E-state index contributed by atoms with van der Waals surface area (Å²) in [5.41, 5.74) is 1.16. The molecule has 0 heterocycles. The average Bonchev–Trinajstić information content (AvgIpc) is 3.10. The maximum Gasteiger partial charge on any atom is 0.338 e. The number of carboxylic acid groups (broad SMARTS) is 1. The minimum atomic E-state index is -1.16. The van der Waals surface area contributed by atoms with Gasteiger partial charge in [-0.3, -0.25) is 10.1 Å². The van der Waals surface area contributed by atoms with Crippen molar-refractivity contribution in [2.45, 2.75) is 31.7 Å². The van der Waals surface area contributed by atoms with Crippen LogP contribution in [-0.2, 0) is 0 Å². The highest BCUT2D eigenvalue weighted by Crippen LogP contribution is 2.37. The Hall–Kier alpha value is -2.89. The first kappa shape index (κ1) is 16.0. The van der Waals surface area contributed by atoms with Gasteiger partial charge in [0.2, 0.25) is 0 Å². The Morgan fingerprint density at radius 2 is 1.79 bits per heavy atom. The van der Waals surface area contributed by atoms with Crippen molar-refractivity contribution in [3.63, 3.8) is 0 Å². The number of benzene rings is 2. The van der Waals surface area contributed by atoms with Crippen LogP contribution in [0.1, 0.15) is 36.0 Å². The van der Waals surface area contributed by atoms with Gasteiger partial charge in [-0.2, -0.15) is 0 Å². The van der Waals surface area contributed by atoms with E-state index in [1.807, 2.05) is 35.2 Å². The largest absolute Gasteiger partial charge is 0.478 e. The molecular weight excluding hydrogens is 308 g/mol. The van der Waals surface area contributed by atoms with Gasteiger partial charge in [0.15, 0.2) is 0 Å². The molecule has 6 heteroatoms. The Morgan fingerprint density at radius 1 is 1.12 bits per heavy atom. The lowest BCUT2D eigenvalue weighted by atomic mass is 10.1. The lowest BCUT2D eigenvalue weighted by Gasteiger charge is -2.32. The standard InChI is InChI=1S/C18H18N2O4/c21-18(22)16-12-15(20(23)24)10-11-17(16)19(14-8-4-5-9-14)13-6-2-1-3-7-13/h1-3,6-7,10-12,14H,4-5,8-9H2,(H,21,22). The molecule has 0 spiro atoms. The number of anilines is 2. The zero-order valence-corrected chi connectivity index (χ0v) is 13.1. The summed E-state index contributed by atoms with van der Waals surface area (Å²) in [6, 6.07) is 13.8. The molecule has 3 rings (SSSR count). The van der Waals surface area contributed by atoms with Gasteiger partial charge in [-0.25, -0.2) is 4.79 Å². The quantitative estimate of drug-likeness (QED) is 0.651. The fourth-order valence-electron chi connectivity index (χ4n) is 3.32. The van der Waals surface area contributed by atoms with E-state index in [1.54, 1.807) is 6.07 Å². The summed E-state index contributed by atoms with van der Waals surface area (Å²) in [7, 11) is 0. The van der Waals surface area contributed by atoms with Gasteiger partial charge in [-0.15, -0.1) is 0 Å². The Kier molecular flexibility index (Phi) is 4.46. The molecule has 1 fully saturated rings. The molecule has 124 valence electrons. The first-order valence-corrected chi connectivity index (χ1v) is 7.94. The van der Waals surface area contributed by atoms with Gasteiger partial charge < -0.3 is 10.0 Å². The number of hydrogen-bond donors (Lipinski definition) is 1. The van der Waals surface area contributed by atoms with Crippen LogP contribution < -0.4 is 4.90 Å². The summed E-state index contributed by atoms with van der Waals surface area (Å²) in [5, 5.41) is 20.5. The van der Waals surface area contributed by atoms with Crippen molar-refractivity contribution in [2.24, 2.45) is 0 Å². The molecule has 1 N–H and O–H groups in total. The minimum absolute atomic E-state index is 0.0417. The second-order valence-corrected chi connectivity index (χ2v) is 5.91. The van der Waals surface area contributed by atoms with Crippen LogP contribution in [0.4, 0.5) is 17.1 Å². The fourth-order valence-corrected chi connectivity index (χ4v) is 3.32. The van der Waals surface area contributed by atoms with E-state index in [0.717, 1.165) is 37.4 Å². The molecule has 1 aliphatic rings. The van der Waals surface area contributed by atoms with Crippen LogP contribution in [0, 0.1) is 10.1 Å². The number of aromatic carboxylic acids is 1. The maximum absolute atomic E-state index is 11.7. The molecule has 2 aromatic rings. The van der Waals surface area contributed by atoms with E-state index in [4.69, 9.17) is 0 Å². The van der Waals surface area contributed by atoms with E-state index in [1.165, 1.54) is 6.07 Å². The Labute approximate surface area is 139 Å². The fraction of sp³-hybridized carbons (Fsp3) is 0.278. The second-order valence-electron chi connectivity index (χ2n) is 5.91. The molecule has 0 saturated heterocycles. The highest BCUT2D eigenvalue weighted by Gasteiger charge is 2.28. The molecular formula is C18H18N2O4. The first-order chi connectivity index (χ1) is 11.6. The highest BCUT2D eigenvalue weighted by atomic mass is 16.6. The molecule has 0 bridgehead atoms. The number of nitro groups is 1. The Bertz CT molecular complexity index is 755. The monoisotopic (exact) mass is 326 g/mol. The summed E-state index contributed by atoms with van der Waals surface area (Å²) >= 11 is 0. The van der Waals surface area contributed by atoms with E-state index in [9.17, 15) is 20.0 Å². The summed E-state index contributed by atoms with van der Waals surface area (Å²) < 4.78 is 0. The van der Waals surface area contributed by atoms with Crippen LogP contribution in [0.3, 0.4) is 0 Å². The second kappa shape index (κ2) is 6.70. The van der Waals surface area contributed by atoms with Crippen molar-refractivity contribution in [3.05, 3.63) is 64.2 Å². The number of carbonyl (C=O) groups is 1. The molecule has 6 nitrogen and oxygen atoms in total. The highest BCUT2D eigenvalue weighted by molar-refractivity contribution is 5.96. The predicted molar refractivity (Wildman–Crippen MR) is 90.9 cm³/mol. The zero-order valence-electron chi connectivity index (χ0n) is 13.1. The number of nitrogens with zero attached hydrogens (tertiary/aromatic N) is 2. The van der Waals surface area contributed by atoms with Crippen LogP contribution in [-0.4, -0.2) is 22.0 Å². The van der Waals surface area contributed by atoms with Gasteiger partial charge in [-0.05, 0) is 31.0 Å². The molecule has 24 heavy (non-hydrogen) atoms. The van der Waals surface area contributed by atoms with Gasteiger partial charge in [0.05, 0.1) is 16.2 Å². The number of nitro benzene ring substituents is 1. The van der Waals surface area contributed by atoms with Crippen LogP contribution in [0.2, 0.25) is 0 Å². The van der Waals surface area contributed by atoms with Crippen LogP contribution >= 0.6 is 0 Å².